The van der Waals surface area contributed by atoms with Crippen LogP contribution < -0.4 is 10.6 Å². The number of ether oxygens (including phenoxy) is 1. The van der Waals surface area contributed by atoms with E-state index in [1.54, 1.807) is 13.2 Å². The molecule has 0 aromatic heterocycles. The molecule has 0 spiro atoms. The second-order valence-electron chi connectivity index (χ2n) is 8.46. The molecule has 1 saturated carbocycles. The number of thioether (sulfide) groups is 1. The number of aliphatic hydroxyl groups is 3. The van der Waals surface area contributed by atoms with Gasteiger partial charge in [-0.1, -0.05) is 12.8 Å². The highest BCUT2D eigenvalue weighted by atomic mass is 35.5. The lowest BCUT2D eigenvalue weighted by Gasteiger charge is -2.44. The largest absolute Gasteiger partial charge is 0.388 e. The van der Waals surface area contributed by atoms with Gasteiger partial charge in [0.25, 0.3) is 0 Å². The van der Waals surface area contributed by atoms with Crippen molar-refractivity contribution >= 4 is 29.3 Å². The normalized spacial score (nSPS) is 41.3. The Morgan fingerprint density at radius 1 is 1.21 bits per heavy atom. The molecule has 0 aromatic carbocycles. The quantitative estimate of drug-likeness (QED) is 0.368. The predicted molar refractivity (Wildman–Crippen MR) is 109 cm³/mol. The molecule has 2 heterocycles. The molecule has 9 heteroatoms. The van der Waals surface area contributed by atoms with E-state index in [1.807, 2.05) is 0 Å². The lowest BCUT2D eigenvalue weighted by molar-refractivity contribution is -0.205. The van der Waals surface area contributed by atoms with Crippen molar-refractivity contribution in [2.45, 2.75) is 86.3 Å². The van der Waals surface area contributed by atoms with Crippen molar-refractivity contribution in [1.29, 1.82) is 0 Å². The molecule has 9 atom stereocenters. The molecule has 28 heavy (non-hydrogen) atoms. The van der Waals surface area contributed by atoms with E-state index in [0.29, 0.717) is 5.92 Å². The summed E-state index contributed by atoms with van der Waals surface area (Å²) in [4.78, 5) is 12.9. The van der Waals surface area contributed by atoms with E-state index >= 15 is 0 Å². The van der Waals surface area contributed by atoms with Crippen molar-refractivity contribution in [3.05, 3.63) is 0 Å². The molecule has 3 fully saturated rings. The molecule has 7 nitrogen and oxygen atoms in total. The van der Waals surface area contributed by atoms with Gasteiger partial charge in [0.05, 0.1) is 17.5 Å². The molecule has 0 bridgehead atoms. The summed E-state index contributed by atoms with van der Waals surface area (Å²) in [5.41, 5.74) is -0.700. The summed E-state index contributed by atoms with van der Waals surface area (Å²) in [6, 6.07) is -0.977. The topological polar surface area (TPSA) is 111 Å². The lowest BCUT2D eigenvalue weighted by Crippen LogP contribution is -2.65. The van der Waals surface area contributed by atoms with Gasteiger partial charge < -0.3 is 30.7 Å². The number of piperidine rings is 1. The van der Waals surface area contributed by atoms with Gasteiger partial charge in [0.15, 0.2) is 0 Å². The van der Waals surface area contributed by atoms with Crippen molar-refractivity contribution in [1.82, 2.24) is 10.6 Å². The van der Waals surface area contributed by atoms with Crippen LogP contribution in [0.2, 0.25) is 0 Å². The molecular weight excluding hydrogens is 404 g/mol. The first kappa shape index (κ1) is 22.6. The number of amides is 1. The molecule has 3 aliphatic rings. The Labute approximate surface area is 175 Å². The molecule has 1 unspecified atom stereocenters. The second kappa shape index (κ2) is 9.81. The van der Waals surface area contributed by atoms with Crippen LogP contribution in [0.4, 0.5) is 0 Å². The van der Waals surface area contributed by atoms with E-state index in [-0.39, 0.29) is 11.9 Å². The number of rotatable bonds is 7. The standard InChI is InChI=1S/C19H33ClN2O5S/c1-9(20)13(17-15(24)14(23)16(25)19(27-17)28-2)22-18(26)12-8-11(5-6-21-12)7-10-3-4-10/h9-17,19,21,23-25H,3-8H2,1-2H3,(H,22,26)/t9-,11-,12-,13+,14-,15+,16+,17?,19+/m0/s1. The fraction of sp³-hybridized carbons (Fsp3) is 0.947. The highest BCUT2D eigenvalue weighted by molar-refractivity contribution is 7.99. The Kier molecular flexibility index (Phi) is 7.92. The van der Waals surface area contributed by atoms with Crippen molar-refractivity contribution < 1.29 is 24.9 Å². The average Bonchev–Trinajstić information content (AvgIpc) is 3.49. The number of alkyl halides is 1. The first-order valence-corrected chi connectivity index (χ1v) is 11.9. The van der Waals surface area contributed by atoms with Crippen LogP contribution in [0, 0.1) is 11.8 Å². The van der Waals surface area contributed by atoms with Crippen LogP contribution in [0.1, 0.15) is 39.0 Å². The van der Waals surface area contributed by atoms with Gasteiger partial charge in [0.2, 0.25) is 5.91 Å². The van der Waals surface area contributed by atoms with Crippen LogP contribution >= 0.6 is 23.4 Å². The zero-order valence-corrected chi connectivity index (χ0v) is 18.0. The Balaban J connectivity index is 1.63. The Morgan fingerprint density at radius 2 is 1.93 bits per heavy atom. The number of carbonyl (C=O) groups excluding carboxylic acids is 1. The third-order valence-electron chi connectivity index (χ3n) is 6.19. The maximum atomic E-state index is 12.9. The van der Waals surface area contributed by atoms with Gasteiger partial charge in [0, 0.05) is 0 Å². The van der Waals surface area contributed by atoms with E-state index in [1.165, 1.54) is 31.0 Å². The van der Waals surface area contributed by atoms with Crippen molar-refractivity contribution in [3.63, 3.8) is 0 Å². The van der Waals surface area contributed by atoms with E-state index in [9.17, 15) is 20.1 Å². The van der Waals surface area contributed by atoms with Crippen LogP contribution in [0.25, 0.3) is 0 Å². The predicted octanol–water partition coefficient (Wildman–Crippen LogP) is 0.437. The third kappa shape index (κ3) is 5.33. The molecule has 162 valence electrons. The fourth-order valence-electron chi connectivity index (χ4n) is 4.32. The molecule has 1 amide bonds. The van der Waals surface area contributed by atoms with Gasteiger partial charge >= 0.3 is 0 Å². The molecule has 2 aliphatic heterocycles. The van der Waals surface area contributed by atoms with Crippen LogP contribution in [-0.2, 0) is 9.53 Å². The van der Waals surface area contributed by atoms with E-state index < -0.39 is 41.3 Å². The zero-order chi connectivity index (χ0) is 20.4. The van der Waals surface area contributed by atoms with Gasteiger partial charge in [-0.25, -0.2) is 0 Å². The SMILES string of the molecule is CS[C@H]1OC([C@H](NC(=O)[C@@H]2C[C@H](CC3CC3)CCN2)[C@H](C)Cl)[C@H](O)[C@H](O)[C@H]1O. The smallest absolute Gasteiger partial charge is 0.237 e. The number of halogens is 1. The summed E-state index contributed by atoms with van der Waals surface area (Å²) >= 11 is 7.57. The molecule has 3 rings (SSSR count). The van der Waals surface area contributed by atoms with Crippen LogP contribution in [-0.4, -0.2) is 81.3 Å². The van der Waals surface area contributed by atoms with Crippen LogP contribution in [0.15, 0.2) is 0 Å². The highest BCUT2D eigenvalue weighted by Crippen LogP contribution is 2.38. The summed E-state index contributed by atoms with van der Waals surface area (Å²) in [5.74, 6) is 1.24. The van der Waals surface area contributed by atoms with E-state index in [2.05, 4.69) is 10.6 Å². The van der Waals surface area contributed by atoms with Gasteiger partial charge in [-0.15, -0.1) is 23.4 Å². The minimum atomic E-state index is -1.36. The fourth-order valence-corrected chi connectivity index (χ4v) is 5.21. The summed E-state index contributed by atoms with van der Waals surface area (Å²) < 4.78 is 5.81. The maximum Gasteiger partial charge on any atom is 0.237 e. The molecule has 5 N–H and O–H groups in total. The third-order valence-corrected chi connectivity index (χ3v) is 7.32. The first-order valence-electron chi connectivity index (χ1n) is 10.2. The van der Waals surface area contributed by atoms with Crippen LogP contribution in [0.3, 0.4) is 0 Å². The van der Waals surface area contributed by atoms with Crippen LogP contribution in [0.5, 0.6) is 0 Å². The van der Waals surface area contributed by atoms with Crippen molar-refractivity contribution in [2.24, 2.45) is 11.8 Å². The zero-order valence-electron chi connectivity index (χ0n) is 16.5. The Morgan fingerprint density at radius 3 is 2.54 bits per heavy atom. The second-order valence-corrected chi connectivity index (χ2v) is 10.1. The Hall–Kier alpha value is -0.0900. The molecule has 0 aromatic rings. The number of nitrogens with one attached hydrogen (secondary N) is 2. The molecule has 1 aliphatic carbocycles. The number of hydrogen-bond acceptors (Lipinski definition) is 7. The van der Waals surface area contributed by atoms with E-state index in [4.69, 9.17) is 16.3 Å². The first-order chi connectivity index (χ1) is 13.3. The lowest BCUT2D eigenvalue weighted by atomic mass is 9.87. The molecule has 2 saturated heterocycles. The highest BCUT2D eigenvalue weighted by Gasteiger charge is 2.48. The summed E-state index contributed by atoms with van der Waals surface area (Å²) in [6.45, 7) is 2.54. The maximum absolute atomic E-state index is 12.9. The average molecular weight is 437 g/mol. The van der Waals surface area contributed by atoms with Crippen molar-refractivity contribution in [3.8, 4) is 0 Å². The molecular formula is C19H33ClN2O5S. The van der Waals surface area contributed by atoms with Gasteiger partial charge in [-0.2, -0.15) is 0 Å². The summed E-state index contributed by atoms with van der Waals surface area (Å²) in [7, 11) is 0. The summed E-state index contributed by atoms with van der Waals surface area (Å²) in [6.07, 6.45) is 2.67. The monoisotopic (exact) mass is 436 g/mol. The Bertz CT molecular complexity index is 536. The van der Waals surface area contributed by atoms with Gasteiger partial charge in [-0.05, 0) is 50.8 Å². The van der Waals surface area contributed by atoms with Crippen molar-refractivity contribution in [2.75, 3.05) is 12.8 Å². The summed E-state index contributed by atoms with van der Waals surface area (Å²) in [5, 5.41) is 36.4. The number of hydrogen-bond donors (Lipinski definition) is 5. The minimum absolute atomic E-state index is 0.157. The number of aliphatic hydroxyl groups excluding tert-OH is 3. The van der Waals surface area contributed by atoms with E-state index in [0.717, 1.165) is 25.3 Å². The number of carbonyl (C=O) groups is 1. The molecule has 0 radical (unpaired) electrons. The van der Waals surface area contributed by atoms with Gasteiger partial charge in [0.1, 0.15) is 29.9 Å². The van der Waals surface area contributed by atoms with Gasteiger partial charge in [-0.3, -0.25) is 4.79 Å². The minimum Gasteiger partial charge on any atom is -0.388 e.